The fourth-order valence-electron chi connectivity index (χ4n) is 1.89. The first-order valence-corrected chi connectivity index (χ1v) is 6.45. The second-order valence-corrected chi connectivity index (χ2v) is 4.55. The number of thioether (sulfide) groups is 1. The first kappa shape index (κ1) is 13.1. The molecule has 16 heavy (non-hydrogen) atoms. The molecule has 1 rings (SSSR count). The Morgan fingerprint density at radius 2 is 1.88 bits per heavy atom. The molecule has 0 saturated carbocycles. The molecule has 0 N–H and O–H groups in total. The summed E-state index contributed by atoms with van der Waals surface area (Å²) in [7, 11) is 3.55. The third-order valence-electron chi connectivity index (χ3n) is 2.88. The van der Waals surface area contributed by atoms with Gasteiger partial charge in [0.25, 0.3) is 0 Å². The van der Waals surface area contributed by atoms with Crippen LogP contribution in [-0.2, 0) is 0 Å². The highest BCUT2D eigenvalue weighted by Gasteiger charge is 2.14. The molecule has 0 saturated heterocycles. The van der Waals surface area contributed by atoms with Gasteiger partial charge in [0, 0.05) is 12.6 Å². The molecule has 88 valence electrons. The largest absolute Gasteiger partial charge is 0.496 e. The first-order chi connectivity index (χ1) is 7.56. The number of benzene rings is 1. The van der Waals surface area contributed by atoms with E-state index in [4.69, 9.17) is 4.74 Å². The highest BCUT2D eigenvalue weighted by Crippen LogP contribution is 2.29. The normalized spacial score (nSPS) is 11.8. The maximum Gasteiger partial charge on any atom is 0.122 e. The van der Waals surface area contributed by atoms with Crippen molar-refractivity contribution in [3.05, 3.63) is 28.3 Å². The van der Waals surface area contributed by atoms with Crippen LogP contribution in [-0.4, -0.2) is 25.5 Å². The number of hydrogen-bond acceptors (Lipinski definition) is 3. The van der Waals surface area contributed by atoms with Crippen molar-refractivity contribution in [1.82, 2.24) is 0 Å². The summed E-state index contributed by atoms with van der Waals surface area (Å²) < 4.78 is 5.36. The van der Waals surface area contributed by atoms with Gasteiger partial charge >= 0.3 is 0 Å². The van der Waals surface area contributed by atoms with Crippen LogP contribution in [0, 0.1) is 20.8 Å². The van der Waals surface area contributed by atoms with Crippen LogP contribution in [0.25, 0.3) is 0 Å². The van der Waals surface area contributed by atoms with Crippen molar-refractivity contribution in [3.8, 4) is 5.75 Å². The number of aliphatic imine (C=N–C) groups is 1. The van der Waals surface area contributed by atoms with Gasteiger partial charge in [-0.25, -0.2) is 0 Å². The minimum absolute atomic E-state index is 0.954. The lowest BCUT2D eigenvalue weighted by Gasteiger charge is -2.16. The van der Waals surface area contributed by atoms with E-state index in [-0.39, 0.29) is 0 Å². The van der Waals surface area contributed by atoms with Gasteiger partial charge in [0.2, 0.25) is 0 Å². The lowest BCUT2D eigenvalue weighted by molar-refractivity contribution is 0.411. The maximum atomic E-state index is 5.36. The van der Waals surface area contributed by atoms with Crippen molar-refractivity contribution in [3.63, 3.8) is 0 Å². The maximum absolute atomic E-state index is 5.36. The van der Waals surface area contributed by atoms with Crippen LogP contribution in [0.15, 0.2) is 11.1 Å². The Kier molecular flexibility index (Phi) is 4.42. The van der Waals surface area contributed by atoms with Gasteiger partial charge in [-0.1, -0.05) is 0 Å². The molecule has 1 aromatic rings. The number of aryl methyl sites for hydroxylation is 1. The summed E-state index contributed by atoms with van der Waals surface area (Å²) in [5.74, 6) is 0.954. The molecule has 0 unspecified atom stereocenters. The summed E-state index contributed by atoms with van der Waals surface area (Å²) in [6, 6.07) is 2.08. The summed E-state index contributed by atoms with van der Waals surface area (Å²) in [6.45, 7) is 6.32. The molecule has 0 aliphatic rings. The quantitative estimate of drug-likeness (QED) is 0.581. The van der Waals surface area contributed by atoms with E-state index in [1.54, 1.807) is 18.9 Å². The van der Waals surface area contributed by atoms with Gasteiger partial charge in [-0.15, -0.1) is 11.8 Å². The van der Waals surface area contributed by atoms with Crippen molar-refractivity contribution in [2.24, 2.45) is 4.99 Å². The second-order valence-electron chi connectivity index (χ2n) is 3.75. The van der Waals surface area contributed by atoms with Crippen LogP contribution in [0.5, 0.6) is 5.75 Å². The zero-order valence-electron chi connectivity index (χ0n) is 10.8. The Balaban J connectivity index is 3.47. The molecule has 3 heteroatoms. The number of hydrogen-bond donors (Lipinski definition) is 0. The minimum atomic E-state index is 0.954. The summed E-state index contributed by atoms with van der Waals surface area (Å²) in [5, 5.41) is 1.08. The summed E-state index contributed by atoms with van der Waals surface area (Å²) >= 11 is 1.68. The molecule has 0 amide bonds. The predicted molar refractivity (Wildman–Crippen MR) is 73.2 cm³/mol. The van der Waals surface area contributed by atoms with Crippen molar-refractivity contribution >= 4 is 16.8 Å². The standard InChI is InChI=1S/C13H19NOS/c1-8-7-11(15-5)9(2)10(3)12(8)13(14-4)16-6/h7H,1-6H3. The summed E-state index contributed by atoms with van der Waals surface area (Å²) in [4.78, 5) is 4.33. The van der Waals surface area contributed by atoms with Crippen LogP contribution < -0.4 is 4.74 Å². The Morgan fingerprint density at radius 1 is 1.25 bits per heavy atom. The van der Waals surface area contributed by atoms with Gasteiger partial charge in [0.1, 0.15) is 5.75 Å². The highest BCUT2D eigenvalue weighted by molar-refractivity contribution is 8.13. The molecule has 1 aromatic carbocycles. The molecule has 0 aliphatic heterocycles. The average Bonchev–Trinajstić information content (AvgIpc) is 2.29. The SMILES string of the molecule is CN=C(SC)c1c(C)cc(OC)c(C)c1C. The van der Waals surface area contributed by atoms with Crippen LogP contribution in [0.1, 0.15) is 22.3 Å². The highest BCUT2D eigenvalue weighted by atomic mass is 32.2. The molecule has 0 aliphatic carbocycles. The predicted octanol–water partition coefficient (Wildman–Crippen LogP) is 3.36. The van der Waals surface area contributed by atoms with Gasteiger partial charge in [-0.3, -0.25) is 4.99 Å². The molecule has 0 bridgehead atoms. The van der Waals surface area contributed by atoms with E-state index in [0.29, 0.717) is 0 Å². The Labute approximate surface area is 102 Å². The van der Waals surface area contributed by atoms with Gasteiger partial charge in [0.05, 0.1) is 12.2 Å². The Morgan fingerprint density at radius 3 is 2.31 bits per heavy atom. The van der Waals surface area contributed by atoms with Gasteiger partial charge in [0.15, 0.2) is 0 Å². The summed E-state index contributed by atoms with van der Waals surface area (Å²) in [6.07, 6.45) is 2.06. The third kappa shape index (κ3) is 2.24. The van der Waals surface area contributed by atoms with Crippen molar-refractivity contribution in [2.45, 2.75) is 20.8 Å². The van der Waals surface area contributed by atoms with E-state index in [0.717, 1.165) is 10.8 Å². The van der Waals surface area contributed by atoms with Crippen molar-refractivity contribution in [2.75, 3.05) is 20.4 Å². The van der Waals surface area contributed by atoms with E-state index >= 15 is 0 Å². The minimum Gasteiger partial charge on any atom is -0.496 e. The number of rotatable bonds is 2. The van der Waals surface area contributed by atoms with Gasteiger partial charge in [-0.05, 0) is 49.8 Å². The van der Waals surface area contributed by atoms with Crippen molar-refractivity contribution in [1.29, 1.82) is 0 Å². The second kappa shape index (κ2) is 5.39. The Hall–Kier alpha value is -0.960. The molecule has 0 atom stereocenters. The van der Waals surface area contributed by atoms with Crippen molar-refractivity contribution < 1.29 is 4.74 Å². The zero-order chi connectivity index (χ0) is 12.3. The first-order valence-electron chi connectivity index (χ1n) is 5.22. The molecule has 0 heterocycles. The van der Waals surface area contributed by atoms with E-state index in [1.807, 2.05) is 7.05 Å². The number of nitrogens with zero attached hydrogens (tertiary/aromatic N) is 1. The number of ether oxygens (including phenoxy) is 1. The Bertz CT molecular complexity index is 424. The monoisotopic (exact) mass is 237 g/mol. The van der Waals surface area contributed by atoms with E-state index in [2.05, 4.69) is 38.1 Å². The fraction of sp³-hybridized carbons (Fsp3) is 0.462. The zero-order valence-corrected chi connectivity index (χ0v) is 11.7. The molecular weight excluding hydrogens is 218 g/mol. The number of methoxy groups -OCH3 is 1. The van der Waals surface area contributed by atoms with Crippen LogP contribution in [0.3, 0.4) is 0 Å². The molecule has 2 nitrogen and oxygen atoms in total. The molecule has 0 fully saturated rings. The van der Waals surface area contributed by atoms with E-state index in [9.17, 15) is 0 Å². The molecule has 0 spiro atoms. The fourth-order valence-corrected chi connectivity index (χ4v) is 2.59. The lowest BCUT2D eigenvalue weighted by Crippen LogP contribution is -2.05. The molecular formula is C13H19NOS. The van der Waals surface area contributed by atoms with Crippen LogP contribution in [0.2, 0.25) is 0 Å². The van der Waals surface area contributed by atoms with Crippen LogP contribution >= 0.6 is 11.8 Å². The van der Waals surface area contributed by atoms with E-state index in [1.165, 1.54) is 22.3 Å². The topological polar surface area (TPSA) is 21.6 Å². The van der Waals surface area contributed by atoms with Crippen LogP contribution in [0.4, 0.5) is 0 Å². The third-order valence-corrected chi connectivity index (χ3v) is 3.65. The summed E-state index contributed by atoms with van der Waals surface area (Å²) in [5.41, 5.74) is 4.91. The van der Waals surface area contributed by atoms with Gasteiger partial charge in [-0.2, -0.15) is 0 Å². The average molecular weight is 237 g/mol. The van der Waals surface area contributed by atoms with E-state index < -0.39 is 0 Å². The molecule has 0 aromatic heterocycles. The lowest BCUT2D eigenvalue weighted by atomic mass is 9.98. The molecule has 0 radical (unpaired) electrons. The van der Waals surface area contributed by atoms with Gasteiger partial charge < -0.3 is 4.74 Å². The smallest absolute Gasteiger partial charge is 0.122 e.